The first kappa shape index (κ1) is 18.8. The molecule has 0 atom stereocenters. The molecular weight excluding hydrogens is 302 g/mol. The largest absolute Gasteiger partial charge is 0.493 e. The molecule has 0 aliphatic heterocycles. The van der Waals surface area contributed by atoms with Crippen molar-refractivity contribution in [1.82, 2.24) is 5.32 Å². The highest BCUT2D eigenvalue weighted by Crippen LogP contribution is 2.31. The van der Waals surface area contributed by atoms with E-state index in [-0.39, 0.29) is 0 Å². The van der Waals surface area contributed by atoms with E-state index in [1.807, 2.05) is 19.1 Å². The normalized spacial score (nSPS) is 14.3. The standard InChI is InChI=1S/C20H31NO3/c1-3-23-14-15-24-20-18(10-7-11-19(20)22-2)16-21-13-12-17-8-5-4-6-9-17/h7-8,10-11,21H,3-6,9,12-16H2,1-2H3. The van der Waals surface area contributed by atoms with Gasteiger partial charge in [-0.25, -0.2) is 0 Å². The molecule has 24 heavy (non-hydrogen) atoms. The summed E-state index contributed by atoms with van der Waals surface area (Å²) >= 11 is 0. The SMILES string of the molecule is CCOCCOc1c(CNCCC2=CCCCC2)cccc1OC. The van der Waals surface area contributed by atoms with Gasteiger partial charge in [-0.1, -0.05) is 23.8 Å². The summed E-state index contributed by atoms with van der Waals surface area (Å²) in [6.07, 6.45) is 8.78. The predicted octanol–water partition coefficient (Wildman–Crippen LogP) is 4.09. The van der Waals surface area contributed by atoms with Crippen molar-refractivity contribution >= 4 is 0 Å². The molecular formula is C20H31NO3. The zero-order valence-electron chi connectivity index (χ0n) is 15.1. The van der Waals surface area contributed by atoms with Crippen molar-refractivity contribution in [1.29, 1.82) is 0 Å². The molecule has 0 spiro atoms. The van der Waals surface area contributed by atoms with Crippen molar-refractivity contribution in [2.45, 2.75) is 45.6 Å². The van der Waals surface area contributed by atoms with Crippen LogP contribution in [0.15, 0.2) is 29.8 Å². The zero-order chi connectivity index (χ0) is 17.0. The van der Waals surface area contributed by atoms with Crippen LogP contribution in [-0.2, 0) is 11.3 Å². The van der Waals surface area contributed by atoms with Crippen molar-refractivity contribution in [2.24, 2.45) is 0 Å². The molecule has 0 radical (unpaired) electrons. The number of rotatable bonds is 11. The van der Waals surface area contributed by atoms with Crippen LogP contribution >= 0.6 is 0 Å². The number of nitrogens with one attached hydrogen (secondary N) is 1. The van der Waals surface area contributed by atoms with Crippen molar-refractivity contribution in [3.63, 3.8) is 0 Å². The molecule has 1 aliphatic rings. The highest BCUT2D eigenvalue weighted by atomic mass is 16.5. The molecule has 1 aromatic carbocycles. The van der Waals surface area contributed by atoms with Gasteiger partial charge in [-0.05, 0) is 51.6 Å². The fourth-order valence-electron chi connectivity index (χ4n) is 2.98. The third-order valence-corrected chi connectivity index (χ3v) is 4.28. The topological polar surface area (TPSA) is 39.7 Å². The van der Waals surface area contributed by atoms with E-state index in [0.29, 0.717) is 19.8 Å². The lowest BCUT2D eigenvalue weighted by molar-refractivity contribution is 0.108. The summed E-state index contributed by atoms with van der Waals surface area (Å²) in [7, 11) is 1.68. The Kier molecular flexibility index (Phi) is 8.71. The van der Waals surface area contributed by atoms with Crippen molar-refractivity contribution in [3.8, 4) is 11.5 Å². The number of para-hydroxylation sites is 1. The Morgan fingerprint density at radius 2 is 2.08 bits per heavy atom. The van der Waals surface area contributed by atoms with E-state index >= 15 is 0 Å². The molecule has 0 fully saturated rings. The lowest BCUT2D eigenvalue weighted by Gasteiger charge is -2.16. The van der Waals surface area contributed by atoms with Crippen molar-refractivity contribution in [3.05, 3.63) is 35.4 Å². The fourth-order valence-corrected chi connectivity index (χ4v) is 2.98. The first-order valence-electron chi connectivity index (χ1n) is 9.10. The fraction of sp³-hybridized carbons (Fsp3) is 0.600. The minimum absolute atomic E-state index is 0.536. The third-order valence-electron chi connectivity index (χ3n) is 4.28. The van der Waals surface area contributed by atoms with Gasteiger partial charge >= 0.3 is 0 Å². The maximum Gasteiger partial charge on any atom is 0.165 e. The number of allylic oxidation sites excluding steroid dienone is 1. The van der Waals surface area contributed by atoms with E-state index in [1.165, 1.54) is 25.7 Å². The molecule has 1 N–H and O–H groups in total. The van der Waals surface area contributed by atoms with Crippen LogP contribution in [0.2, 0.25) is 0 Å². The molecule has 2 rings (SSSR count). The highest BCUT2D eigenvalue weighted by molar-refractivity contribution is 5.46. The molecule has 0 heterocycles. The van der Waals surface area contributed by atoms with Gasteiger partial charge in [0.15, 0.2) is 11.5 Å². The molecule has 4 heteroatoms. The van der Waals surface area contributed by atoms with Gasteiger partial charge in [0, 0.05) is 18.7 Å². The molecule has 0 aromatic heterocycles. The van der Waals surface area contributed by atoms with Crippen molar-refractivity contribution in [2.75, 3.05) is 33.5 Å². The summed E-state index contributed by atoms with van der Waals surface area (Å²) in [5.41, 5.74) is 2.73. The Balaban J connectivity index is 1.84. The van der Waals surface area contributed by atoms with Gasteiger partial charge in [-0.15, -0.1) is 0 Å². The lowest BCUT2D eigenvalue weighted by Crippen LogP contribution is -2.17. The molecule has 0 saturated carbocycles. The van der Waals surface area contributed by atoms with E-state index < -0.39 is 0 Å². The smallest absolute Gasteiger partial charge is 0.165 e. The second kappa shape index (κ2) is 11.1. The van der Waals surface area contributed by atoms with E-state index in [0.717, 1.165) is 36.6 Å². The maximum absolute atomic E-state index is 5.91. The Hall–Kier alpha value is -1.52. The van der Waals surface area contributed by atoms with E-state index in [4.69, 9.17) is 14.2 Å². The lowest BCUT2D eigenvalue weighted by atomic mass is 9.97. The van der Waals surface area contributed by atoms with Crippen LogP contribution in [0.4, 0.5) is 0 Å². The second-order valence-electron chi connectivity index (χ2n) is 6.03. The molecule has 134 valence electrons. The zero-order valence-corrected chi connectivity index (χ0v) is 15.1. The van der Waals surface area contributed by atoms with Crippen LogP contribution in [0.5, 0.6) is 11.5 Å². The summed E-state index contributed by atoms with van der Waals surface area (Å²) in [6, 6.07) is 6.03. The molecule has 0 bridgehead atoms. The summed E-state index contributed by atoms with van der Waals surface area (Å²) < 4.78 is 16.7. The van der Waals surface area contributed by atoms with E-state index in [1.54, 1.807) is 12.7 Å². The first-order chi connectivity index (χ1) is 11.8. The van der Waals surface area contributed by atoms with Crippen LogP contribution in [0.3, 0.4) is 0 Å². The van der Waals surface area contributed by atoms with Gasteiger partial charge in [-0.2, -0.15) is 0 Å². The Morgan fingerprint density at radius 1 is 1.17 bits per heavy atom. The van der Waals surface area contributed by atoms with Crippen molar-refractivity contribution < 1.29 is 14.2 Å². The Morgan fingerprint density at radius 3 is 2.83 bits per heavy atom. The van der Waals surface area contributed by atoms with Crippen LogP contribution in [-0.4, -0.2) is 33.5 Å². The molecule has 0 amide bonds. The number of hydrogen-bond donors (Lipinski definition) is 1. The average molecular weight is 333 g/mol. The second-order valence-corrected chi connectivity index (χ2v) is 6.03. The van der Waals surface area contributed by atoms with Gasteiger partial charge in [-0.3, -0.25) is 0 Å². The number of ether oxygens (including phenoxy) is 3. The quantitative estimate of drug-likeness (QED) is 0.489. The monoisotopic (exact) mass is 333 g/mol. The molecule has 4 nitrogen and oxygen atoms in total. The first-order valence-corrected chi connectivity index (χ1v) is 9.10. The average Bonchev–Trinajstić information content (AvgIpc) is 2.63. The Bertz CT molecular complexity index is 514. The van der Waals surface area contributed by atoms with Crippen LogP contribution in [0, 0.1) is 0 Å². The van der Waals surface area contributed by atoms with Gasteiger partial charge in [0.25, 0.3) is 0 Å². The number of methoxy groups -OCH3 is 1. The maximum atomic E-state index is 5.91. The summed E-state index contributed by atoms with van der Waals surface area (Å²) in [4.78, 5) is 0. The van der Waals surface area contributed by atoms with Gasteiger partial charge in [0.1, 0.15) is 6.61 Å². The van der Waals surface area contributed by atoms with E-state index in [2.05, 4.69) is 17.5 Å². The van der Waals surface area contributed by atoms with Gasteiger partial charge < -0.3 is 19.5 Å². The number of hydrogen-bond acceptors (Lipinski definition) is 4. The molecule has 1 aliphatic carbocycles. The van der Waals surface area contributed by atoms with Gasteiger partial charge in [0.05, 0.1) is 13.7 Å². The predicted molar refractivity (Wildman–Crippen MR) is 97.9 cm³/mol. The van der Waals surface area contributed by atoms with Crippen LogP contribution < -0.4 is 14.8 Å². The number of benzene rings is 1. The minimum atomic E-state index is 0.536. The highest BCUT2D eigenvalue weighted by Gasteiger charge is 2.10. The molecule has 1 aromatic rings. The van der Waals surface area contributed by atoms with Gasteiger partial charge in [0.2, 0.25) is 0 Å². The molecule has 0 saturated heterocycles. The van der Waals surface area contributed by atoms with E-state index in [9.17, 15) is 0 Å². The summed E-state index contributed by atoms with van der Waals surface area (Å²) in [6.45, 7) is 5.61. The molecule has 0 unspecified atom stereocenters. The summed E-state index contributed by atoms with van der Waals surface area (Å²) in [5.74, 6) is 1.60. The van der Waals surface area contributed by atoms with Crippen LogP contribution in [0.1, 0.15) is 44.6 Å². The summed E-state index contributed by atoms with van der Waals surface area (Å²) in [5, 5.41) is 3.53. The van der Waals surface area contributed by atoms with Crippen LogP contribution in [0.25, 0.3) is 0 Å². The third kappa shape index (κ3) is 6.17. The Labute approximate surface area is 146 Å². The minimum Gasteiger partial charge on any atom is -0.493 e.